The second-order valence-corrected chi connectivity index (χ2v) is 4.43. The normalized spacial score (nSPS) is 34.2. The second-order valence-electron chi connectivity index (χ2n) is 4.43. The van der Waals surface area contributed by atoms with Crippen molar-refractivity contribution in [3.63, 3.8) is 0 Å². The fourth-order valence-corrected chi connectivity index (χ4v) is 2.60. The molecule has 0 aromatic heterocycles. The van der Waals surface area contributed by atoms with Crippen molar-refractivity contribution in [2.24, 2.45) is 0 Å². The Labute approximate surface area is 79.7 Å². The van der Waals surface area contributed by atoms with Crippen molar-refractivity contribution in [1.29, 1.82) is 0 Å². The van der Waals surface area contributed by atoms with E-state index in [0.29, 0.717) is 5.54 Å². The van der Waals surface area contributed by atoms with Gasteiger partial charge in [-0.15, -0.1) is 0 Å². The Morgan fingerprint density at radius 3 is 2.69 bits per heavy atom. The largest absolute Gasteiger partial charge is 0.394 e. The lowest BCUT2D eigenvalue weighted by Crippen LogP contribution is -2.56. The SMILES string of the molecule is CN1CC(CO)OCC12CCCC2. The Kier molecular flexibility index (Phi) is 2.58. The number of morpholine rings is 1. The van der Waals surface area contributed by atoms with Gasteiger partial charge < -0.3 is 9.84 Å². The summed E-state index contributed by atoms with van der Waals surface area (Å²) < 4.78 is 5.64. The smallest absolute Gasteiger partial charge is 0.0933 e. The highest BCUT2D eigenvalue weighted by molar-refractivity contribution is 4.96. The van der Waals surface area contributed by atoms with E-state index in [1.807, 2.05) is 0 Å². The molecule has 0 bridgehead atoms. The minimum atomic E-state index is 0.0382. The zero-order chi connectivity index (χ0) is 9.31. The van der Waals surface area contributed by atoms with Gasteiger partial charge in [0.25, 0.3) is 0 Å². The first-order valence-electron chi connectivity index (χ1n) is 5.20. The van der Waals surface area contributed by atoms with Crippen molar-refractivity contribution in [3.8, 4) is 0 Å². The topological polar surface area (TPSA) is 32.7 Å². The summed E-state index contributed by atoms with van der Waals surface area (Å²) in [5, 5.41) is 8.99. The highest BCUT2D eigenvalue weighted by Crippen LogP contribution is 2.37. The van der Waals surface area contributed by atoms with Gasteiger partial charge in [-0.2, -0.15) is 0 Å². The van der Waals surface area contributed by atoms with Crippen molar-refractivity contribution >= 4 is 0 Å². The molecule has 1 saturated heterocycles. The number of aliphatic hydroxyl groups is 1. The first-order valence-corrected chi connectivity index (χ1v) is 5.20. The van der Waals surface area contributed by atoms with Gasteiger partial charge in [0.15, 0.2) is 0 Å². The van der Waals surface area contributed by atoms with Crippen molar-refractivity contribution < 1.29 is 9.84 Å². The summed E-state index contributed by atoms with van der Waals surface area (Å²) in [6.07, 6.45) is 5.23. The third-order valence-electron chi connectivity index (χ3n) is 3.61. The number of likely N-dealkylation sites (N-methyl/N-ethyl adjacent to an activating group) is 1. The van der Waals surface area contributed by atoms with E-state index in [-0.39, 0.29) is 12.7 Å². The molecule has 3 nitrogen and oxygen atoms in total. The molecule has 1 unspecified atom stereocenters. The molecule has 2 rings (SSSR count). The molecule has 3 heteroatoms. The van der Waals surface area contributed by atoms with E-state index in [4.69, 9.17) is 9.84 Å². The molecule has 13 heavy (non-hydrogen) atoms. The molecule has 2 fully saturated rings. The zero-order valence-electron chi connectivity index (χ0n) is 8.33. The van der Waals surface area contributed by atoms with Gasteiger partial charge in [-0.1, -0.05) is 12.8 Å². The molecule has 0 amide bonds. The molecule has 1 atom stereocenters. The number of rotatable bonds is 1. The number of aliphatic hydroxyl groups excluding tert-OH is 1. The average Bonchev–Trinajstić information content (AvgIpc) is 2.60. The molecule has 1 aliphatic heterocycles. The van der Waals surface area contributed by atoms with Crippen molar-refractivity contribution in [1.82, 2.24) is 4.90 Å². The maximum atomic E-state index is 8.99. The first-order chi connectivity index (χ1) is 6.27. The first kappa shape index (κ1) is 9.44. The Morgan fingerprint density at radius 2 is 2.15 bits per heavy atom. The Morgan fingerprint density at radius 1 is 1.46 bits per heavy atom. The summed E-state index contributed by atoms with van der Waals surface area (Å²) in [4.78, 5) is 2.39. The predicted molar refractivity (Wildman–Crippen MR) is 50.7 cm³/mol. The molecule has 2 aliphatic rings. The van der Waals surface area contributed by atoms with E-state index in [1.165, 1.54) is 25.7 Å². The molecule has 0 radical (unpaired) electrons. The number of nitrogens with zero attached hydrogens (tertiary/aromatic N) is 1. The van der Waals surface area contributed by atoms with Crippen LogP contribution in [0, 0.1) is 0 Å². The second kappa shape index (κ2) is 3.56. The van der Waals surface area contributed by atoms with Gasteiger partial charge in [-0.05, 0) is 19.9 Å². The van der Waals surface area contributed by atoms with Crippen LogP contribution in [0.3, 0.4) is 0 Å². The molecule has 0 aromatic rings. The van der Waals surface area contributed by atoms with Gasteiger partial charge in [-0.25, -0.2) is 0 Å². The molecule has 1 saturated carbocycles. The molecule has 1 spiro atoms. The summed E-state index contributed by atoms with van der Waals surface area (Å²) in [6, 6.07) is 0. The van der Waals surface area contributed by atoms with Gasteiger partial charge >= 0.3 is 0 Å². The van der Waals surface area contributed by atoms with E-state index in [1.54, 1.807) is 0 Å². The van der Waals surface area contributed by atoms with Crippen LogP contribution < -0.4 is 0 Å². The Balaban J connectivity index is 2.00. The maximum Gasteiger partial charge on any atom is 0.0933 e. The molecule has 1 aliphatic carbocycles. The summed E-state index contributed by atoms with van der Waals surface area (Å²) in [5.74, 6) is 0. The number of hydrogen-bond donors (Lipinski definition) is 1. The van der Waals surface area contributed by atoms with Crippen LogP contribution in [0.15, 0.2) is 0 Å². The van der Waals surface area contributed by atoms with Gasteiger partial charge in [0.1, 0.15) is 0 Å². The fraction of sp³-hybridized carbons (Fsp3) is 1.00. The fourth-order valence-electron chi connectivity index (χ4n) is 2.60. The highest BCUT2D eigenvalue weighted by atomic mass is 16.5. The van der Waals surface area contributed by atoms with E-state index in [9.17, 15) is 0 Å². The van der Waals surface area contributed by atoms with E-state index < -0.39 is 0 Å². The third-order valence-corrected chi connectivity index (χ3v) is 3.61. The minimum Gasteiger partial charge on any atom is -0.394 e. The van der Waals surface area contributed by atoms with Crippen molar-refractivity contribution in [2.75, 3.05) is 26.8 Å². The molecular formula is C10H19NO2. The average molecular weight is 185 g/mol. The van der Waals surface area contributed by atoms with E-state index in [2.05, 4.69) is 11.9 Å². The third kappa shape index (κ3) is 1.60. The maximum absolute atomic E-state index is 8.99. The summed E-state index contributed by atoms with van der Waals surface area (Å²) in [7, 11) is 2.16. The Bertz CT molecular complexity index is 178. The summed E-state index contributed by atoms with van der Waals surface area (Å²) in [5.41, 5.74) is 0.311. The van der Waals surface area contributed by atoms with Crippen LogP contribution in [0.4, 0.5) is 0 Å². The van der Waals surface area contributed by atoms with Crippen LogP contribution in [-0.4, -0.2) is 48.5 Å². The number of ether oxygens (including phenoxy) is 1. The molecule has 0 aromatic carbocycles. The van der Waals surface area contributed by atoms with E-state index in [0.717, 1.165) is 13.2 Å². The van der Waals surface area contributed by atoms with Crippen LogP contribution >= 0.6 is 0 Å². The standard InChI is InChI=1S/C10H19NO2/c1-11-6-9(7-12)13-8-10(11)4-2-3-5-10/h9,12H,2-8H2,1H3. The van der Waals surface area contributed by atoms with Gasteiger partial charge in [0, 0.05) is 12.1 Å². The summed E-state index contributed by atoms with van der Waals surface area (Å²) in [6.45, 7) is 1.85. The quantitative estimate of drug-likeness (QED) is 0.650. The van der Waals surface area contributed by atoms with Crippen LogP contribution in [0.2, 0.25) is 0 Å². The van der Waals surface area contributed by atoms with E-state index >= 15 is 0 Å². The van der Waals surface area contributed by atoms with Crippen molar-refractivity contribution in [2.45, 2.75) is 37.3 Å². The molecule has 1 heterocycles. The highest BCUT2D eigenvalue weighted by Gasteiger charge is 2.42. The number of hydrogen-bond acceptors (Lipinski definition) is 3. The van der Waals surface area contributed by atoms with Gasteiger partial charge in [0.05, 0.1) is 19.3 Å². The lowest BCUT2D eigenvalue weighted by molar-refractivity contribution is -0.114. The van der Waals surface area contributed by atoms with Crippen molar-refractivity contribution in [3.05, 3.63) is 0 Å². The molecular weight excluding hydrogens is 166 g/mol. The van der Waals surface area contributed by atoms with Crippen LogP contribution in [0.5, 0.6) is 0 Å². The lowest BCUT2D eigenvalue weighted by atomic mass is 9.94. The molecule has 1 N–H and O–H groups in total. The summed E-state index contributed by atoms with van der Waals surface area (Å²) >= 11 is 0. The van der Waals surface area contributed by atoms with Crippen LogP contribution in [0.1, 0.15) is 25.7 Å². The van der Waals surface area contributed by atoms with Gasteiger partial charge in [-0.3, -0.25) is 4.90 Å². The van der Waals surface area contributed by atoms with Crippen LogP contribution in [0.25, 0.3) is 0 Å². The van der Waals surface area contributed by atoms with Gasteiger partial charge in [0.2, 0.25) is 0 Å². The monoisotopic (exact) mass is 185 g/mol. The Hall–Kier alpha value is -0.120. The minimum absolute atomic E-state index is 0.0382. The zero-order valence-corrected chi connectivity index (χ0v) is 8.33. The predicted octanol–water partition coefficient (Wildman–Crippen LogP) is 0.622. The molecule has 76 valence electrons. The lowest BCUT2D eigenvalue weighted by Gasteiger charge is -2.45. The van der Waals surface area contributed by atoms with Crippen LogP contribution in [-0.2, 0) is 4.74 Å².